The predicted octanol–water partition coefficient (Wildman–Crippen LogP) is 3.60. The van der Waals surface area contributed by atoms with E-state index in [1.807, 2.05) is 30.3 Å². The number of benzene rings is 2. The van der Waals surface area contributed by atoms with Crippen molar-refractivity contribution in [2.75, 3.05) is 14.2 Å². The maximum Gasteiger partial charge on any atom is 3.00 e. The summed E-state index contributed by atoms with van der Waals surface area (Å²) in [5.41, 5.74) is 4.75. The first-order valence-electron chi connectivity index (χ1n) is 8.57. The van der Waals surface area contributed by atoms with Crippen molar-refractivity contribution < 1.29 is 41.8 Å². The number of hydrogen-bond donors (Lipinski definition) is 1. The topological polar surface area (TPSA) is 83.4 Å². The van der Waals surface area contributed by atoms with E-state index in [-0.39, 0.29) is 27.1 Å². The number of hydrogen-bond acceptors (Lipinski definition) is 3. The quantitative estimate of drug-likeness (QED) is 0.568. The Morgan fingerprint density at radius 1 is 0.929 bits per heavy atom. The van der Waals surface area contributed by atoms with E-state index in [1.165, 1.54) is 16.7 Å². The fourth-order valence-corrected chi connectivity index (χ4v) is 2.82. The molecule has 0 heterocycles. The molecule has 1 aliphatic rings. The molecule has 0 saturated carbocycles. The molecule has 28 heavy (non-hydrogen) atoms. The summed E-state index contributed by atoms with van der Waals surface area (Å²) in [5.74, 6) is -0.878. The van der Waals surface area contributed by atoms with Crippen LogP contribution in [0.4, 0.5) is 0 Å². The fraction of sp³-hybridized carbons (Fsp3) is 0.348. The Kier molecular flexibility index (Phi) is 13.7. The summed E-state index contributed by atoms with van der Waals surface area (Å²) in [6, 6.07) is 12.7. The van der Waals surface area contributed by atoms with E-state index in [9.17, 15) is 4.79 Å². The molecule has 0 fully saturated rings. The third-order valence-corrected chi connectivity index (χ3v) is 4.58. The molecule has 0 bridgehead atoms. The van der Waals surface area contributed by atoms with Gasteiger partial charge in [-0.2, -0.15) is 25.4 Å². The molecule has 1 radical (unpaired) electrons. The van der Waals surface area contributed by atoms with Gasteiger partial charge >= 0.3 is 27.7 Å². The van der Waals surface area contributed by atoms with Crippen LogP contribution in [0.15, 0.2) is 59.2 Å². The zero-order valence-electron chi connectivity index (χ0n) is 17.7. The molecule has 2 aromatic rings. The molecule has 2 aromatic carbocycles. The van der Waals surface area contributed by atoms with E-state index in [0.717, 1.165) is 25.0 Å². The number of carboxylic acid groups (broad SMARTS) is 1. The summed E-state index contributed by atoms with van der Waals surface area (Å²) in [7, 11) is 1.50. The van der Waals surface area contributed by atoms with E-state index in [0.29, 0.717) is 5.56 Å². The standard InChI is InChI=1S/C11H8O2.C10H15.2CH3O.Ti/c12-11(13)10-7-3-5-8-4-1-2-6-9(8)10;1-7-6-10(4,5)9(3)8(7)2;2*1-2;/h1-7H,(H,12,13);1-5H3;2*1H3;/q;3*-1;+3. The van der Waals surface area contributed by atoms with Crippen LogP contribution in [0.1, 0.15) is 45.0 Å². The van der Waals surface area contributed by atoms with Crippen LogP contribution in [0.25, 0.3) is 10.8 Å². The molecule has 3 rings (SSSR count). The molecule has 5 heteroatoms. The average molecular weight is 417 g/mol. The van der Waals surface area contributed by atoms with E-state index in [2.05, 4.69) is 40.7 Å². The van der Waals surface area contributed by atoms with E-state index in [4.69, 9.17) is 15.3 Å². The minimum absolute atomic E-state index is 0. The molecule has 1 N–H and O–H groups in total. The minimum atomic E-state index is -0.878. The Balaban J connectivity index is 0. The Hall–Kier alpha value is -1.72. The van der Waals surface area contributed by atoms with Crippen LogP contribution < -0.4 is 10.2 Å². The van der Waals surface area contributed by atoms with Crippen LogP contribution in [0.2, 0.25) is 0 Å². The molecule has 0 saturated heterocycles. The van der Waals surface area contributed by atoms with Crippen molar-refractivity contribution in [3.05, 3.63) is 70.8 Å². The summed E-state index contributed by atoms with van der Waals surface area (Å²) in [6.07, 6.45) is 3.44. The number of fused-ring (bicyclic) bond motifs is 1. The van der Waals surface area contributed by atoms with E-state index in [1.54, 1.807) is 12.1 Å². The van der Waals surface area contributed by atoms with Crippen LogP contribution >= 0.6 is 0 Å². The number of allylic oxidation sites excluding steroid dienone is 4. The van der Waals surface area contributed by atoms with Crippen LogP contribution in [-0.4, -0.2) is 25.3 Å². The second-order valence-corrected chi connectivity index (χ2v) is 6.46. The molecule has 1 aliphatic carbocycles. The SMILES string of the molecule is CC1=[C-]C(C)(C)C(C)=C1C.C[O-].C[O-].O=C(O)c1cccc2ccccc12.[Ti+3]. The second kappa shape index (κ2) is 13.5. The zero-order valence-corrected chi connectivity index (χ0v) is 19.3. The van der Waals surface area contributed by atoms with Crippen LogP contribution in [0, 0.1) is 11.5 Å². The summed E-state index contributed by atoms with van der Waals surface area (Å²) in [6.45, 7) is 10.9. The molecule has 149 valence electrons. The average Bonchev–Trinajstić information content (AvgIpc) is 2.86. The van der Waals surface area contributed by atoms with Gasteiger partial charge in [0.25, 0.3) is 0 Å². The summed E-state index contributed by atoms with van der Waals surface area (Å²) >= 11 is 0. The fourth-order valence-electron chi connectivity index (χ4n) is 2.82. The minimum Gasteiger partial charge on any atom is -0.857 e. The largest absolute Gasteiger partial charge is 3.00 e. The van der Waals surface area contributed by atoms with Crippen molar-refractivity contribution in [1.29, 1.82) is 0 Å². The van der Waals surface area contributed by atoms with Gasteiger partial charge in [-0.05, 0) is 16.8 Å². The Morgan fingerprint density at radius 3 is 1.82 bits per heavy atom. The number of carboxylic acids is 1. The van der Waals surface area contributed by atoms with Gasteiger partial charge in [0.15, 0.2) is 0 Å². The third kappa shape index (κ3) is 7.36. The van der Waals surface area contributed by atoms with Gasteiger partial charge in [-0.1, -0.05) is 69.5 Å². The first kappa shape index (κ1) is 28.5. The third-order valence-electron chi connectivity index (χ3n) is 4.58. The van der Waals surface area contributed by atoms with Gasteiger partial charge in [-0.3, -0.25) is 6.08 Å². The molecule has 0 atom stereocenters. The molecule has 0 aromatic heterocycles. The van der Waals surface area contributed by atoms with Gasteiger partial charge in [-0.15, -0.1) is 6.92 Å². The smallest absolute Gasteiger partial charge is 0.857 e. The van der Waals surface area contributed by atoms with Crippen molar-refractivity contribution in [2.24, 2.45) is 5.41 Å². The Morgan fingerprint density at radius 2 is 1.43 bits per heavy atom. The van der Waals surface area contributed by atoms with Gasteiger partial charge in [0.1, 0.15) is 0 Å². The maximum absolute atomic E-state index is 10.8. The van der Waals surface area contributed by atoms with E-state index < -0.39 is 5.97 Å². The van der Waals surface area contributed by atoms with Crippen LogP contribution in [0.3, 0.4) is 0 Å². The normalized spacial score (nSPS) is 13.5. The van der Waals surface area contributed by atoms with Crippen molar-refractivity contribution in [2.45, 2.75) is 34.6 Å². The summed E-state index contributed by atoms with van der Waals surface area (Å²) in [4.78, 5) is 10.8. The van der Waals surface area contributed by atoms with Crippen molar-refractivity contribution in [3.8, 4) is 0 Å². The van der Waals surface area contributed by atoms with Crippen molar-refractivity contribution >= 4 is 16.7 Å². The van der Waals surface area contributed by atoms with E-state index >= 15 is 0 Å². The number of aromatic carboxylic acids is 1. The van der Waals surface area contributed by atoms with Gasteiger partial charge in [0, 0.05) is 0 Å². The van der Waals surface area contributed by atoms with Gasteiger partial charge in [0.05, 0.1) is 5.56 Å². The molecule has 0 unspecified atom stereocenters. The molecule has 4 nitrogen and oxygen atoms in total. The predicted molar refractivity (Wildman–Crippen MR) is 107 cm³/mol. The molecule has 0 amide bonds. The van der Waals surface area contributed by atoms with Crippen molar-refractivity contribution in [3.63, 3.8) is 0 Å². The summed E-state index contributed by atoms with van der Waals surface area (Å²) < 4.78 is 0. The number of carbonyl (C=O) groups is 1. The van der Waals surface area contributed by atoms with Gasteiger partial charge < -0.3 is 15.3 Å². The molecule has 0 spiro atoms. The second-order valence-electron chi connectivity index (χ2n) is 6.46. The molecular weight excluding hydrogens is 388 g/mol. The monoisotopic (exact) mass is 417 g/mol. The Bertz CT molecular complexity index is 815. The maximum atomic E-state index is 10.8. The molecular formula is C23H29O4Ti. The van der Waals surface area contributed by atoms with Gasteiger partial charge in [-0.25, -0.2) is 10.4 Å². The van der Waals surface area contributed by atoms with Gasteiger partial charge in [0.2, 0.25) is 0 Å². The first-order valence-corrected chi connectivity index (χ1v) is 8.57. The zero-order chi connectivity index (χ0) is 21.2. The Labute approximate surface area is 183 Å². The molecule has 0 aliphatic heterocycles. The first-order chi connectivity index (χ1) is 12.7. The number of rotatable bonds is 1. The summed E-state index contributed by atoms with van der Waals surface area (Å²) in [5, 5.41) is 27.1. The van der Waals surface area contributed by atoms with Crippen LogP contribution in [-0.2, 0) is 21.7 Å². The van der Waals surface area contributed by atoms with Crippen LogP contribution in [0.5, 0.6) is 0 Å². The van der Waals surface area contributed by atoms with Crippen molar-refractivity contribution in [1.82, 2.24) is 0 Å².